The van der Waals surface area contributed by atoms with Gasteiger partial charge >= 0.3 is 0 Å². The number of carbonyl (C=O) groups is 2. The molecule has 2 amide bonds. The first-order chi connectivity index (χ1) is 13.1. The molecule has 0 aliphatic heterocycles. The summed E-state index contributed by atoms with van der Waals surface area (Å²) in [7, 11) is 0. The number of rotatable bonds is 6. The highest BCUT2D eigenvalue weighted by Gasteiger charge is 2.26. The minimum Gasteiger partial charge on any atom is -0.393 e. The van der Waals surface area contributed by atoms with Crippen LogP contribution < -0.4 is 10.6 Å². The van der Waals surface area contributed by atoms with Crippen molar-refractivity contribution in [3.63, 3.8) is 0 Å². The summed E-state index contributed by atoms with van der Waals surface area (Å²) in [5.41, 5.74) is 1.52. The second-order valence-electron chi connectivity index (χ2n) is 7.10. The lowest BCUT2D eigenvalue weighted by Crippen LogP contribution is -2.51. The standard InChI is InChI=1S/C22H26N2O3/c25-19-13-11-18(12-14-19)23-22(27)20(15-16-7-3-1-4-8-16)24-21(26)17-9-5-2-6-10-17/h1-10,18-20,25H,11-15H2,(H,23,27)(H,24,26). The average Bonchev–Trinajstić information content (AvgIpc) is 2.70. The van der Waals surface area contributed by atoms with Crippen molar-refractivity contribution >= 4 is 11.8 Å². The topological polar surface area (TPSA) is 78.4 Å². The predicted molar refractivity (Wildman–Crippen MR) is 104 cm³/mol. The summed E-state index contributed by atoms with van der Waals surface area (Å²) in [4.78, 5) is 25.4. The lowest BCUT2D eigenvalue weighted by molar-refractivity contribution is -0.124. The van der Waals surface area contributed by atoms with Gasteiger partial charge in [-0.2, -0.15) is 0 Å². The van der Waals surface area contributed by atoms with Gasteiger partial charge in [-0.25, -0.2) is 0 Å². The fraction of sp³-hybridized carbons (Fsp3) is 0.364. The van der Waals surface area contributed by atoms with E-state index in [1.54, 1.807) is 24.3 Å². The molecular weight excluding hydrogens is 340 g/mol. The summed E-state index contributed by atoms with van der Waals surface area (Å²) in [6, 6.07) is 18.0. The number of amides is 2. The molecule has 142 valence electrons. The van der Waals surface area contributed by atoms with Gasteiger partial charge in [-0.15, -0.1) is 0 Å². The highest BCUT2D eigenvalue weighted by molar-refractivity contribution is 5.97. The molecule has 0 aromatic heterocycles. The van der Waals surface area contributed by atoms with Crippen LogP contribution in [-0.2, 0) is 11.2 Å². The average molecular weight is 366 g/mol. The van der Waals surface area contributed by atoms with Crippen LogP contribution in [0.15, 0.2) is 60.7 Å². The van der Waals surface area contributed by atoms with Crippen LogP contribution in [0.5, 0.6) is 0 Å². The largest absolute Gasteiger partial charge is 0.393 e. The van der Waals surface area contributed by atoms with Gasteiger partial charge in [-0.3, -0.25) is 9.59 Å². The van der Waals surface area contributed by atoms with E-state index in [1.165, 1.54) is 0 Å². The zero-order valence-electron chi connectivity index (χ0n) is 15.3. The second kappa shape index (κ2) is 9.33. The summed E-state index contributed by atoms with van der Waals surface area (Å²) in [5, 5.41) is 15.6. The van der Waals surface area contributed by atoms with Gasteiger partial charge in [0.15, 0.2) is 0 Å². The van der Waals surface area contributed by atoms with Gasteiger partial charge < -0.3 is 15.7 Å². The van der Waals surface area contributed by atoms with E-state index >= 15 is 0 Å². The van der Waals surface area contributed by atoms with Crippen LogP contribution in [0.3, 0.4) is 0 Å². The molecule has 5 nitrogen and oxygen atoms in total. The molecule has 3 rings (SSSR count). The van der Waals surface area contributed by atoms with E-state index in [-0.39, 0.29) is 24.0 Å². The van der Waals surface area contributed by atoms with Gasteiger partial charge in [0.25, 0.3) is 5.91 Å². The SMILES string of the molecule is O=C(NC(Cc1ccccc1)C(=O)NC1CCC(O)CC1)c1ccccc1. The third-order valence-corrected chi connectivity index (χ3v) is 4.98. The number of aliphatic hydroxyl groups excluding tert-OH is 1. The zero-order chi connectivity index (χ0) is 19.1. The Morgan fingerprint density at radius 1 is 0.926 bits per heavy atom. The zero-order valence-corrected chi connectivity index (χ0v) is 15.3. The van der Waals surface area contributed by atoms with Gasteiger partial charge in [-0.1, -0.05) is 48.5 Å². The van der Waals surface area contributed by atoms with Gasteiger partial charge in [0.05, 0.1) is 6.10 Å². The van der Waals surface area contributed by atoms with Crippen molar-refractivity contribution in [1.82, 2.24) is 10.6 Å². The van der Waals surface area contributed by atoms with Crippen LogP contribution in [-0.4, -0.2) is 35.1 Å². The molecule has 1 unspecified atom stereocenters. The number of benzene rings is 2. The highest BCUT2D eigenvalue weighted by Crippen LogP contribution is 2.18. The first-order valence-electron chi connectivity index (χ1n) is 9.50. The molecule has 27 heavy (non-hydrogen) atoms. The Hall–Kier alpha value is -2.66. The molecule has 0 saturated heterocycles. The molecule has 0 radical (unpaired) electrons. The molecule has 0 bridgehead atoms. The monoisotopic (exact) mass is 366 g/mol. The van der Waals surface area contributed by atoms with E-state index in [0.717, 1.165) is 18.4 Å². The summed E-state index contributed by atoms with van der Waals surface area (Å²) in [6.45, 7) is 0. The van der Waals surface area contributed by atoms with Crippen molar-refractivity contribution in [3.8, 4) is 0 Å². The fourth-order valence-electron chi connectivity index (χ4n) is 3.41. The Kier molecular flexibility index (Phi) is 6.60. The maximum absolute atomic E-state index is 12.9. The van der Waals surface area contributed by atoms with Crippen LogP contribution >= 0.6 is 0 Å². The van der Waals surface area contributed by atoms with Crippen molar-refractivity contribution in [2.75, 3.05) is 0 Å². The van der Waals surface area contributed by atoms with E-state index < -0.39 is 6.04 Å². The third kappa shape index (κ3) is 5.66. The number of carbonyl (C=O) groups excluding carboxylic acids is 2. The Labute approximate surface area is 159 Å². The summed E-state index contributed by atoms with van der Waals surface area (Å²) in [5.74, 6) is -0.435. The van der Waals surface area contributed by atoms with Crippen LogP contribution in [0.25, 0.3) is 0 Å². The maximum Gasteiger partial charge on any atom is 0.251 e. The minimum atomic E-state index is -0.646. The van der Waals surface area contributed by atoms with Crippen molar-refractivity contribution in [1.29, 1.82) is 0 Å². The van der Waals surface area contributed by atoms with E-state index in [9.17, 15) is 14.7 Å². The van der Waals surface area contributed by atoms with Crippen LogP contribution in [0.4, 0.5) is 0 Å². The number of aliphatic hydroxyl groups is 1. The molecular formula is C22H26N2O3. The molecule has 1 atom stereocenters. The van der Waals surface area contributed by atoms with E-state index in [0.29, 0.717) is 24.8 Å². The lowest BCUT2D eigenvalue weighted by Gasteiger charge is -2.28. The predicted octanol–water partition coefficient (Wildman–Crippen LogP) is 2.45. The molecule has 5 heteroatoms. The minimum absolute atomic E-state index is 0.0489. The van der Waals surface area contributed by atoms with Crippen LogP contribution in [0, 0.1) is 0 Å². The molecule has 0 spiro atoms. The molecule has 1 aliphatic carbocycles. The fourth-order valence-corrected chi connectivity index (χ4v) is 3.41. The summed E-state index contributed by atoms with van der Waals surface area (Å²) >= 11 is 0. The van der Waals surface area contributed by atoms with Crippen molar-refractivity contribution in [3.05, 3.63) is 71.8 Å². The molecule has 0 heterocycles. The molecule has 2 aromatic rings. The smallest absolute Gasteiger partial charge is 0.251 e. The van der Waals surface area contributed by atoms with Crippen LogP contribution in [0.2, 0.25) is 0 Å². The van der Waals surface area contributed by atoms with E-state index in [1.807, 2.05) is 36.4 Å². The van der Waals surface area contributed by atoms with Crippen molar-refractivity contribution in [2.45, 2.75) is 50.3 Å². The molecule has 1 aliphatic rings. The Bertz CT molecular complexity index is 741. The molecule has 1 fully saturated rings. The number of hydrogen-bond acceptors (Lipinski definition) is 3. The first kappa shape index (κ1) is 19.1. The summed E-state index contributed by atoms with van der Waals surface area (Å²) < 4.78 is 0. The highest BCUT2D eigenvalue weighted by atomic mass is 16.3. The van der Waals surface area contributed by atoms with Crippen LogP contribution in [0.1, 0.15) is 41.6 Å². The van der Waals surface area contributed by atoms with Crippen molar-refractivity contribution < 1.29 is 14.7 Å². The van der Waals surface area contributed by atoms with Gasteiger partial charge in [0.1, 0.15) is 6.04 Å². The maximum atomic E-state index is 12.9. The molecule has 2 aromatic carbocycles. The Balaban J connectivity index is 1.68. The quantitative estimate of drug-likeness (QED) is 0.735. The normalized spacial score (nSPS) is 20.5. The summed E-state index contributed by atoms with van der Waals surface area (Å²) in [6.07, 6.45) is 3.08. The second-order valence-corrected chi connectivity index (χ2v) is 7.10. The molecule has 1 saturated carbocycles. The Morgan fingerprint density at radius 3 is 2.15 bits per heavy atom. The molecule has 3 N–H and O–H groups in total. The third-order valence-electron chi connectivity index (χ3n) is 4.98. The van der Waals surface area contributed by atoms with Gasteiger partial charge in [0, 0.05) is 18.0 Å². The first-order valence-corrected chi connectivity index (χ1v) is 9.50. The van der Waals surface area contributed by atoms with Gasteiger partial charge in [-0.05, 0) is 43.4 Å². The van der Waals surface area contributed by atoms with E-state index in [2.05, 4.69) is 10.6 Å². The Morgan fingerprint density at radius 2 is 1.52 bits per heavy atom. The van der Waals surface area contributed by atoms with Crippen molar-refractivity contribution in [2.24, 2.45) is 0 Å². The number of nitrogens with one attached hydrogen (secondary N) is 2. The van der Waals surface area contributed by atoms with E-state index in [4.69, 9.17) is 0 Å². The number of hydrogen-bond donors (Lipinski definition) is 3. The lowest BCUT2D eigenvalue weighted by atomic mass is 9.92. The van der Waals surface area contributed by atoms with Gasteiger partial charge in [0.2, 0.25) is 5.91 Å².